The molecule has 0 atom stereocenters. The maximum atomic E-state index is 5.93. The van der Waals surface area contributed by atoms with E-state index in [1.54, 1.807) is 0 Å². The van der Waals surface area contributed by atoms with Gasteiger partial charge in [-0.05, 0) is 100.0 Å². The highest BCUT2D eigenvalue weighted by Crippen LogP contribution is 2.50. The van der Waals surface area contributed by atoms with Crippen molar-refractivity contribution in [2.75, 3.05) is 10.6 Å². The molecule has 0 fully saturated rings. The molecule has 0 saturated heterocycles. The number of nitrogens with zero attached hydrogens (tertiary/aromatic N) is 1. The van der Waals surface area contributed by atoms with E-state index in [-0.39, 0.29) is 5.41 Å². The number of aryl methyl sites for hydroxylation is 1. The molecule has 0 saturated carbocycles. The van der Waals surface area contributed by atoms with Gasteiger partial charge in [-0.1, -0.05) is 110 Å². The van der Waals surface area contributed by atoms with Crippen molar-refractivity contribution in [3.05, 3.63) is 156 Å². The van der Waals surface area contributed by atoms with Crippen molar-refractivity contribution in [2.24, 2.45) is 0 Å². The molecular weight excluding hydrogens is 508 g/mol. The second kappa shape index (κ2) is 10.1. The van der Waals surface area contributed by atoms with E-state index < -0.39 is 0 Å². The minimum atomic E-state index is -0.0675. The predicted octanol–water partition coefficient (Wildman–Crippen LogP) is 10.7. The van der Waals surface area contributed by atoms with Gasteiger partial charge in [-0.25, -0.2) is 0 Å². The van der Waals surface area contributed by atoms with Crippen LogP contribution in [0.15, 0.2) is 140 Å². The van der Waals surface area contributed by atoms with Gasteiger partial charge < -0.3 is 10.6 Å². The molecule has 7 rings (SSSR count). The second-order valence-corrected chi connectivity index (χ2v) is 11.8. The van der Waals surface area contributed by atoms with Gasteiger partial charge in [-0.2, -0.15) is 0 Å². The van der Waals surface area contributed by atoms with E-state index in [9.17, 15) is 0 Å². The van der Waals surface area contributed by atoms with Gasteiger partial charge in [0.05, 0.1) is 0 Å². The lowest BCUT2D eigenvalue weighted by Gasteiger charge is -2.28. The van der Waals surface area contributed by atoms with E-state index in [0.717, 1.165) is 28.3 Å². The molecule has 1 aliphatic carbocycles. The lowest BCUT2D eigenvalue weighted by atomic mass is 9.82. The molecule has 0 aromatic heterocycles. The molecule has 42 heavy (non-hydrogen) atoms. The minimum absolute atomic E-state index is 0.0675. The number of anilines is 4. The largest absolute Gasteiger partial charge is 0.399 e. The lowest BCUT2D eigenvalue weighted by molar-refractivity contribution is 0.660. The molecule has 6 aromatic rings. The Morgan fingerprint density at radius 1 is 0.476 bits per heavy atom. The highest BCUT2D eigenvalue weighted by molar-refractivity contribution is 5.86. The first-order valence-electron chi connectivity index (χ1n) is 14.6. The van der Waals surface area contributed by atoms with Crippen LogP contribution in [-0.4, -0.2) is 0 Å². The average molecular weight is 543 g/mol. The molecule has 6 aromatic carbocycles. The summed E-state index contributed by atoms with van der Waals surface area (Å²) in [6.45, 7) is 6.80. The summed E-state index contributed by atoms with van der Waals surface area (Å²) in [6, 6.07) is 50.3. The van der Waals surface area contributed by atoms with E-state index in [1.165, 1.54) is 44.5 Å². The average Bonchev–Trinajstić information content (AvgIpc) is 3.25. The normalized spacial score (nSPS) is 12.9. The number of rotatable bonds is 5. The Labute approximate surface area is 248 Å². The van der Waals surface area contributed by atoms with Crippen molar-refractivity contribution < 1.29 is 0 Å². The van der Waals surface area contributed by atoms with Crippen LogP contribution in [0, 0.1) is 6.92 Å². The summed E-state index contributed by atoms with van der Waals surface area (Å²) in [5.74, 6) is 0. The van der Waals surface area contributed by atoms with Crippen LogP contribution in [0.25, 0.3) is 33.4 Å². The van der Waals surface area contributed by atoms with Gasteiger partial charge in [0.2, 0.25) is 0 Å². The Kier molecular flexibility index (Phi) is 6.21. The Bertz CT molecular complexity index is 1790. The van der Waals surface area contributed by atoms with Crippen molar-refractivity contribution >= 4 is 22.7 Å². The number of hydrogen-bond acceptors (Lipinski definition) is 2. The molecule has 0 radical (unpaired) electrons. The van der Waals surface area contributed by atoms with Crippen molar-refractivity contribution in [2.45, 2.75) is 26.2 Å². The molecule has 0 spiro atoms. The van der Waals surface area contributed by atoms with E-state index in [4.69, 9.17) is 5.73 Å². The number of nitrogens with two attached hydrogens (primary N) is 1. The number of hydrogen-bond donors (Lipinski definition) is 1. The molecule has 0 unspecified atom stereocenters. The Morgan fingerprint density at radius 3 is 1.50 bits per heavy atom. The standard InChI is InChI=1S/C40H34N2/c1-27-8-10-28(11-9-27)30-14-20-33(21-15-30)42(34-22-16-31(17-23-34)29-12-18-32(41)19-13-29)35-24-25-37-36-6-4-5-7-38(36)40(2,3)39(37)26-35/h4-26H,41H2,1-3H3. The SMILES string of the molecule is Cc1ccc(-c2ccc(N(c3ccc(-c4ccc(N)cc4)cc3)c3ccc4c(c3)C(C)(C)c3ccccc3-4)cc2)cc1. The first kappa shape index (κ1) is 25.9. The molecule has 204 valence electrons. The Hall–Kier alpha value is -5.08. The molecule has 1 aliphatic rings. The summed E-state index contributed by atoms with van der Waals surface area (Å²) in [5.41, 5.74) is 21.5. The number of nitrogen functional groups attached to an aromatic ring is 1. The third-order valence-electron chi connectivity index (χ3n) is 8.71. The summed E-state index contributed by atoms with van der Waals surface area (Å²) >= 11 is 0. The van der Waals surface area contributed by atoms with E-state index in [1.807, 2.05) is 12.1 Å². The van der Waals surface area contributed by atoms with Crippen LogP contribution in [0.5, 0.6) is 0 Å². The molecule has 2 N–H and O–H groups in total. The van der Waals surface area contributed by atoms with Crippen LogP contribution in [0.3, 0.4) is 0 Å². The summed E-state index contributed by atoms with van der Waals surface area (Å²) in [4.78, 5) is 2.37. The van der Waals surface area contributed by atoms with Crippen LogP contribution >= 0.6 is 0 Å². The highest BCUT2D eigenvalue weighted by atomic mass is 15.1. The van der Waals surface area contributed by atoms with Crippen molar-refractivity contribution in [1.82, 2.24) is 0 Å². The van der Waals surface area contributed by atoms with Crippen LogP contribution in [0.1, 0.15) is 30.5 Å². The zero-order valence-electron chi connectivity index (χ0n) is 24.3. The van der Waals surface area contributed by atoms with Crippen LogP contribution in [-0.2, 0) is 5.41 Å². The van der Waals surface area contributed by atoms with E-state index in [0.29, 0.717) is 0 Å². The molecule has 2 heteroatoms. The molecule has 0 bridgehead atoms. The fourth-order valence-corrected chi connectivity index (χ4v) is 6.31. The smallest absolute Gasteiger partial charge is 0.0465 e. The topological polar surface area (TPSA) is 29.3 Å². The molecule has 2 nitrogen and oxygen atoms in total. The third-order valence-corrected chi connectivity index (χ3v) is 8.71. The number of benzene rings is 6. The van der Waals surface area contributed by atoms with Gasteiger partial charge in [0.25, 0.3) is 0 Å². The highest BCUT2D eigenvalue weighted by Gasteiger charge is 2.35. The van der Waals surface area contributed by atoms with Gasteiger partial charge in [0.15, 0.2) is 0 Å². The van der Waals surface area contributed by atoms with Crippen molar-refractivity contribution in [1.29, 1.82) is 0 Å². The minimum Gasteiger partial charge on any atom is -0.399 e. The summed E-state index contributed by atoms with van der Waals surface area (Å²) in [6.07, 6.45) is 0. The van der Waals surface area contributed by atoms with Gasteiger partial charge in [0, 0.05) is 28.2 Å². The van der Waals surface area contributed by atoms with E-state index >= 15 is 0 Å². The van der Waals surface area contributed by atoms with Crippen LogP contribution in [0.2, 0.25) is 0 Å². The fourth-order valence-electron chi connectivity index (χ4n) is 6.31. The zero-order valence-corrected chi connectivity index (χ0v) is 24.3. The molecule has 0 amide bonds. The molecule has 0 aliphatic heterocycles. The van der Waals surface area contributed by atoms with Crippen LogP contribution < -0.4 is 10.6 Å². The van der Waals surface area contributed by atoms with Gasteiger partial charge in [0.1, 0.15) is 0 Å². The third kappa shape index (κ3) is 4.46. The van der Waals surface area contributed by atoms with Gasteiger partial charge >= 0.3 is 0 Å². The first-order valence-corrected chi connectivity index (χ1v) is 14.6. The lowest BCUT2D eigenvalue weighted by Crippen LogP contribution is -2.16. The summed E-state index contributed by atoms with van der Waals surface area (Å²) in [5, 5.41) is 0. The first-order chi connectivity index (χ1) is 20.4. The maximum Gasteiger partial charge on any atom is 0.0465 e. The maximum absolute atomic E-state index is 5.93. The molecular formula is C40H34N2. The van der Waals surface area contributed by atoms with Crippen molar-refractivity contribution in [3.8, 4) is 33.4 Å². The predicted molar refractivity (Wildman–Crippen MR) is 179 cm³/mol. The summed E-state index contributed by atoms with van der Waals surface area (Å²) in [7, 11) is 0. The van der Waals surface area contributed by atoms with Crippen LogP contribution in [0.4, 0.5) is 22.7 Å². The van der Waals surface area contributed by atoms with E-state index in [2.05, 4.69) is 153 Å². The zero-order chi connectivity index (χ0) is 28.8. The van der Waals surface area contributed by atoms with Crippen molar-refractivity contribution in [3.63, 3.8) is 0 Å². The Balaban J connectivity index is 1.32. The Morgan fingerprint density at radius 2 is 0.929 bits per heavy atom. The molecule has 0 heterocycles. The quantitative estimate of drug-likeness (QED) is 0.220. The van der Waals surface area contributed by atoms with Gasteiger partial charge in [-0.3, -0.25) is 0 Å². The number of fused-ring (bicyclic) bond motifs is 3. The second-order valence-electron chi connectivity index (χ2n) is 11.8. The summed E-state index contributed by atoms with van der Waals surface area (Å²) < 4.78 is 0. The van der Waals surface area contributed by atoms with Gasteiger partial charge in [-0.15, -0.1) is 0 Å². The fraction of sp³-hybridized carbons (Fsp3) is 0.100. The monoisotopic (exact) mass is 542 g/mol.